The van der Waals surface area contributed by atoms with E-state index in [4.69, 9.17) is 11.6 Å². The predicted molar refractivity (Wildman–Crippen MR) is 79.3 cm³/mol. The van der Waals surface area contributed by atoms with Crippen molar-refractivity contribution in [1.82, 2.24) is 8.87 Å². The molecule has 2 aliphatic rings. The maximum absolute atomic E-state index is 12.7. The second-order valence-corrected chi connectivity index (χ2v) is 8.07. The summed E-state index contributed by atoms with van der Waals surface area (Å²) in [4.78, 5) is 0.398. The van der Waals surface area contributed by atoms with Gasteiger partial charge < -0.3 is 4.57 Å². The Morgan fingerprint density at radius 3 is 2.45 bits per heavy atom. The summed E-state index contributed by atoms with van der Waals surface area (Å²) in [5.74, 6) is 1.49. The zero-order chi connectivity index (χ0) is 14.3. The summed E-state index contributed by atoms with van der Waals surface area (Å²) in [5, 5.41) is 0. The fourth-order valence-electron chi connectivity index (χ4n) is 3.61. The predicted octanol–water partition coefficient (Wildman–Crippen LogP) is 2.67. The molecular formula is C14H21ClN2O2S. The number of sulfonamides is 1. The van der Waals surface area contributed by atoms with Gasteiger partial charge in [-0.1, -0.05) is 6.42 Å². The highest BCUT2D eigenvalue weighted by molar-refractivity contribution is 7.89. The van der Waals surface area contributed by atoms with E-state index >= 15 is 0 Å². The smallest absolute Gasteiger partial charge is 0.244 e. The van der Waals surface area contributed by atoms with Crippen molar-refractivity contribution >= 4 is 21.6 Å². The number of hydrogen-bond donors (Lipinski definition) is 0. The maximum atomic E-state index is 12.7. The number of aryl methyl sites for hydroxylation is 1. The van der Waals surface area contributed by atoms with Gasteiger partial charge in [0.25, 0.3) is 0 Å². The standard InChI is InChI=1S/C14H21ClN2O2S/c1-2-16-10-14(6-13(16)7-15)20(18,19)17-8-11-4-3-5-12(11)9-17/h6,10-12H,2-5,7-9H2,1H3. The molecule has 0 amide bonds. The summed E-state index contributed by atoms with van der Waals surface area (Å²) in [6.45, 7) is 4.12. The number of hydrogen-bond acceptors (Lipinski definition) is 2. The van der Waals surface area contributed by atoms with E-state index in [1.807, 2.05) is 11.5 Å². The van der Waals surface area contributed by atoms with Crippen LogP contribution in [0.15, 0.2) is 17.2 Å². The summed E-state index contributed by atoms with van der Waals surface area (Å²) in [5.41, 5.74) is 0.868. The van der Waals surface area contributed by atoms with Crippen LogP contribution in [0.2, 0.25) is 0 Å². The normalized spacial score (nSPS) is 27.1. The fraction of sp³-hybridized carbons (Fsp3) is 0.714. The van der Waals surface area contributed by atoms with Gasteiger partial charge in [0.1, 0.15) is 4.90 Å². The van der Waals surface area contributed by atoms with Crippen molar-refractivity contribution in [1.29, 1.82) is 0 Å². The summed E-state index contributed by atoms with van der Waals surface area (Å²) in [6, 6.07) is 1.72. The number of aromatic nitrogens is 1. The van der Waals surface area contributed by atoms with Crippen LogP contribution in [-0.2, 0) is 22.4 Å². The molecule has 2 atom stereocenters. The van der Waals surface area contributed by atoms with E-state index in [-0.39, 0.29) is 0 Å². The van der Waals surface area contributed by atoms with Gasteiger partial charge in [0.05, 0.1) is 5.88 Å². The van der Waals surface area contributed by atoms with Crippen LogP contribution in [0.3, 0.4) is 0 Å². The van der Waals surface area contributed by atoms with Crippen molar-refractivity contribution in [2.45, 2.75) is 43.5 Å². The lowest BCUT2D eigenvalue weighted by Gasteiger charge is -2.16. The van der Waals surface area contributed by atoms with Gasteiger partial charge in [0.2, 0.25) is 10.0 Å². The van der Waals surface area contributed by atoms with Crippen LogP contribution in [0.5, 0.6) is 0 Å². The number of fused-ring (bicyclic) bond motifs is 1. The first-order chi connectivity index (χ1) is 9.56. The minimum Gasteiger partial charge on any atom is -0.349 e. The second-order valence-electron chi connectivity index (χ2n) is 5.86. The molecule has 2 unspecified atom stereocenters. The molecule has 0 bridgehead atoms. The van der Waals surface area contributed by atoms with Gasteiger partial charge in [0.15, 0.2) is 0 Å². The average molecular weight is 317 g/mol. The Morgan fingerprint density at radius 1 is 1.30 bits per heavy atom. The van der Waals surface area contributed by atoms with Crippen LogP contribution in [-0.4, -0.2) is 30.4 Å². The zero-order valence-corrected chi connectivity index (χ0v) is 13.3. The third-order valence-corrected chi connectivity index (χ3v) is 6.84. The minimum atomic E-state index is -3.35. The molecule has 1 aromatic rings. The summed E-state index contributed by atoms with van der Waals surface area (Å²) in [7, 11) is -3.35. The fourth-order valence-corrected chi connectivity index (χ4v) is 5.46. The summed E-state index contributed by atoms with van der Waals surface area (Å²) >= 11 is 5.88. The Kier molecular flexibility index (Phi) is 3.86. The van der Waals surface area contributed by atoms with E-state index in [1.165, 1.54) is 19.3 Å². The first kappa shape index (κ1) is 14.4. The Hall–Kier alpha value is -0.520. The van der Waals surface area contributed by atoms with Gasteiger partial charge >= 0.3 is 0 Å². The SMILES string of the molecule is CCn1cc(S(=O)(=O)N2CC3CCCC3C2)cc1CCl. The number of rotatable bonds is 4. The van der Waals surface area contributed by atoms with Gasteiger partial charge in [-0.15, -0.1) is 11.6 Å². The monoisotopic (exact) mass is 316 g/mol. The number of alkyl halides is 1. The van der Waals surface area contributed by atoms with E-state index in [9.17, 15) is 8.42 Å². The van der Waals surface area contributed by atoms with Crippen LogP contribution in [0.25, 0.3) is 0 Å². The molecule has 0 aromatic carbocycles. The zero-order valence-electron chi connectivity index (χ0n) is 11.8. The first-order valence-corrected chi connectivity index (χ1v) is 9.29. The molecular weight excluding hydrogens is 296 g/mol. The molecule has 1 saturated heterocycles. The van der Waals surface area contributed by atoms with Crippen molar-refractivity contribution in [3.63, 3.8) is 0 Å². The highest BCUT2D eigenvalue weighted by atomic mass is 35.5. The molecule has 0 spiro atoms. The van der Waals surface area contributed by atoms with Gasteiger partial charge in [-0.3, -0.25) is 0 Å². The van der Waals surface area contributed by atoms with E-state index in [0.29, 0.717) is 35.7 Å². The topological polar surface area (TPSA) is 42.3 Å². The third-order valence-electron chi connectivity index (χ3n) is 4.77. The molecule has 2 fully saturated rings. The lowest BCUT2D eigenvalue weighted by molar-refractivity contribution is 0.445. The lowest BCUT2D eigenvalue weighted by Crippen LogP contribution is -2.29. The van der Waals surface area contributed by atoms with Crippen LogP contribution in [0.1, 0.15) is 31.9 Å². The van der Waals surface area contributed by atoms with E-state index in [0.717, 1.165) is 12.2 Å². The van der Waals surface area contributed by atoms with Crippen molar-refractivity contribution in [3.8, 4) is 0 Å². The Balaban J connectivity index is 1.87. The van der Waals surface area contributed by atoms with Crippen molar-refractivity contribution < 1.29 is 8.42 Å². The largest absolute Gasteiger partial charge is 0.349 e. The Bertz CT molecular complexity index is 563. The molecule has 1 aliphatic heterocycles. The number of nitrogens with zero attached hydrogens (tertiary/aromatic N) is 2. The van der Waals surface area contributed by atoms with Crippen molar-refractivity contribution in [2.24, 2.45) is 11.8 Å². The molecule has 1 aliphatic carbocycles. The van der Waals surface area contributed by atoms with E-state index < -0.39 is 10.0 Å². The van der Waals surface area contributed by atoms with Gasteiger partial charge in [-0.2, -0.15) is 4.31 Å². The molecule has 2 heterocycles. The molecule has 4 nitrogen and oxygen atoms in total. The van der Waals surface area contributed by atoms with Crippen molar-refractivity contribution in [2.75, 3.05) is 13.1 Å². The van der Waals surface area contributed by atoms with Crippen LogP contribution in [0, 0.1) is 11.8 Å². The molecule has 112 valence electrons. The molecule has 20 heavy (non-hydrogen) atoms. The average Bonchev–Trinajstić information content (AvgIpc) is 3.11. The molecule has 6 heteroatoms. The van der Waals surface area contributed by atoms with Gasteiger partial charge in [-0.25, -0.2) is 8.42 Å². The van der Waals surface area contributed by atoms with E-state index in [1.54, 1.807) is 16.6 Å². The molecule has 0 N–H and O–H groups in total. The first-order valence-electron chi connectivity index (χ1n) is 7.31. The molecule has 1 aromatic heterocycles. The van der Waals surface area contributed by atoms with Crippen LogP contribution in [0.4, 0.5) is 0 Å². The molecule has 3 rings (SSSR count). The quantitative estimate of drug-likeness (QED) is 0.801. The Morgan fingerprint density at radius 2 is 1.95 bits per heavy atom. The molecule has 0 radical (unpaired) electrons. The third kappa shape index (κ3) is 2.30. The van der Waals surface area contributed by atoms with Crippen molar-refractivity contribution in [3.05, 3.63) is 18.0 Å². The maximum Gasteiger partial charge on any atom is 0.244 e. The minimum absolute atomic E-state index is 0.342. The Labute approximate surface area is 125 Å². The van der Waals surface area contributed by atoms with Gasteiger partial charge in [-0.05, 0) is 37.7 Å². The lowest BCUT2D eigenvalue weighted by atomic mass is 10.0. The van der Waals surface area contributed by atoms with E-state index in [2.05, 4.69) is 0 Å². The number of halogens is 1. The van der Waals surface area contributed by atoms with Crippen LogP contribution < -0.4 is 0 Å². The van der Waals surface area contributed by atoms with Gasteiger partial charge in [0, 0.05) is 31.5 Å². The summed E-state index contributed by atoms with van der Waals surface area (Å²) in [6.07, 6.45) is 5.34. The summed E-state index contributed by atoms with van der Waals surface area (Å²) < 4.78 is 29.1. The van der Waals surface area contributed by atoms with Crippen LogP contribution >= 0.6 is 11.6 Å². The molecule has 1 saturated carbocycles. The highest BCUT2D eigenvalue weighted by Gasteiger charge is 2.41. The second kappa shape index (κ2) is 5.35. The highest BCUT2D eigenvalue weighted by Crippen LogP contribution is 2.39.